The average molecular weight is 602 g/mol. The van der Waals surface area contributed by atoms with Crippen molar-refractivity contribution in [2.45, 2.75) is 74.3 Å². The van der Waals surface area contributed by atoms with Crippen LogP contribution in [-0.4, -0.2) is 17.8 Å². The molecule has 0 saturated heterocycles. The molecule has 2 heteroatoms. The lowest BCUT2D eigenvalue weighted by atomic mass is 9.87. The van der Waals surface area contributed by atoms with Crippen molar-refractivity contribution in [2.24, 2.45) is 0 Å². The van der Waals surface area contributed by atoms with E-state index in [9.17, 15) is 0 Å². The monoisotopic (exact) mass is 601 g/mol. The van der Waals surface area contributed by atoms with Crippen LogP contribution in [0.25, 0.3) is 27.4 Å². The second kappa shape index (κ2) is 19.3. The number of benzene rings is 3. The first kappa shape index (κ1) is 37.0. The molecule has 0 spiro atoms. The second-order valence-electron chi connectivity index (χ2n) is 11.1. The Labute approximate surface area is 273 Å². The average Bonchev–Trinajstić information content (AvgIpc) is 3.36. The van der Waals surface area contributed by atoms with Gasteiger partial charge in [0.05, 0.1) is 6.61 Å². The second-order valence-corrected chi connectivity index (χ2v) is 11.1. The molecule has 0 radical (unpaired) electrons. The highest BCUT2D eigenvalue weighted by molar-refractivity contribution is 6.08. The Hall–Kier alpha value is -4.14. The number of rotatable bonds is 12. The molecule has 0 amide bonds. The molecule has 4 rings (SSSR count). The molecule has 0 N–H and O–H groups in total. The summed E-state index contributed by atoms with van der Waals surface area (Å²) in [5.41, 5.74) is 11.4. The van der Waals surface area contributed by atoms with E-state index in [4.69, 9.17) is 4.74 Å². The van der Waals surface area contributed by atoms with E-state index >= 15 is 0 Å². The first-order valence-corrected chi connectivity index (χ1v) is 16.3. The Morgan fingerprint density at radius 2 is 1.60 bits per heavy atom. The van der Waals surface area contributed by atoms with E-state index in [2.05, 4.69) is 138 Å². The molecule has 3 aromatic carbocycles. The fourth-order valence-corrected chi connectivity index (χ4v) is 5.35. The standard InChI is InChI=1S/C34H39NO.C7H10.C2H6/c1-7-9-12-24(3)21-28-15-17-33-31(22-28)32-23-29(16-18-34(32)35(33)19-20-36-8-2)26(5)27(6)30-14-11-10-13-25(30)4;1-4-6-7(3)5-2;1-2/h7,9-18,22-23,26H,6,8,19-21H2,1-5H3;4-6H,1-2H2,3H3;1-2H3/b9-7-,24-12+;7-6-;/t26-;;/m1../s1. The number of fused-ring (bicyclic) bond motifs is 3. The summed E-state index contributed by atoms with van der Waals surface area (Å²) in [6, 6.07) is 22.4. The Bertz CT molecular complexity index is 1660. The number of hydrogen-bond acceptors (Lipinski definition) is 1. The zero-order valence-corrected chi connectivity index (χ0v) is 29.1. The van der Waals surface area contributed by atoms with Gasteiger partial charge in [-0.3, -0.25) is 0 Å². The van der Waals surface area contributed by atoms with Gasteiger partial charge in [-0.2, -0.15) is 0 Å². The van der Waals surface area contributed by atoms with Gasteiger partial charge in [-0.25, -0.2) is 0 Å². The van der Waals surface area contributed by atoms with Gasteiger partial charge in [0, 0.05) is 40.9 Å². The number of aromatic nitrogens is 1. The fraction of sp³-hybridized carbons (Fsp3) is 0.302. The normalized spacial score (nSPS) is 12.4. The van der Waals surface area contributed by atoms with Crippen molar-refractivity contribution in [3.63, 3.8) is 0 Å². The van der Waals surface area contributed by atoms with Gasteiger partial charge in [-0.05, 0) is 93.1 Å². The van der Waals surface area contributed by atoms with Gasteiger partial charge in [-0.1, -0.05) is 125 Å². The molecule has 2 nitrogen and oxygen atoms in total. The minimum absolute atomic E-state index is 0.228. The highest BCUT2D eigenvalue weighted by atomic mass is 16.5. The van der Waals surface area contributed by atoms with E-state index in [1.54, 1.807) is 12.2 Å². The molecule has 1 atom stereocenters. The minimum atomic E-state index is 0.228. The highest BCUT2D eigenvalue weighted by Crippen LogP contribution is 2.37. The van der Waals surface area contributed by atoms with Gasteiger partial charge in [-0.15, -0.1) is 0 Å². The Kier molecular flexibility index (Phi) is 15.9. The summed E-state index contributed by atoms with van der Waals surface area (Å²) in [5, 5.41) is 2.62. The summed E-state index contributed by atoms with van der Waals surface area (Å²) in [7, 11) is 0. The van der Waals surface area contributed by atoms with E-state index < -0.39 is 0 Å². The number of aryl methyl sites for hydroxylation is 1. The molecule has 0 aliphatic rings. The number of allylic oxidation sites excluding steroid dienone is 9. The van der Waals surface area contributed by atoms with E-state index in [0.717, 1.165) is 30.7 Å². The van der Waals surface area contributed by atoms with Gasteiger partial charge in [0.1, 0.15) is 0 Å². The molecule has 238 valence electrons. The van der Waals surface area contributed by atoms with Crippen LogP contribution in [0.1, 0.15) is 76.6 Å². The van der Waals surface area contributed by atoms with E-state index in [1.165, 1.54) is 49.6 Å². The summed E-state index contributed by atoms with van der Waals surface area (Å²) in [6.45, 7) is 30.6. The zero-order chi connectivity index (χ0) is 33.4. The third kappa shape index (κ3) is 10.2. The van der Waals surface area contributed by atoms with Crippen molar-refractivity contribution in [3.8, 4) is 0 Å². The molecule has 0 fully saturated rings. The molecule has 1 heterocycles. The molecular weight excluding hydrogens is 546 g/mol. The van der Waals surface area contributed by atoms with Crippen LogP contribution in [0, 0.1) is 6.92 Å². The van der Waals surface area contributed by atoms with Gasteiger partial charge in [0.2, 0.25) is 0 Å². The van der Waals surface area contributed by atoms with Crippen LogP contribution in [0.2, 0.25) is 0 Å². The number of nitrogens with zero attached hydrogens (tertiary/aromatic N) is 1. The van der Waals surface area contributed by atoms with Crippen LogP contribution < -0.4 is 0 Å². The van der Waals surface area contributed by atoms with Crippen LogP contribution in [-0.2, 0) is 17.7 Å². The maximum atomic E-state index is 5.73. The lowest BCUT2D eigenvalue weighted by molar-refractivity contribution is 0.140. The molecule has 1 aromatic heterocycles. The Morgan fingerprint density at radius 3 is 2.20 bits per heavy atom. The summed E-state index contributed by atoms with van der Waals surface area (Å²) in [5.74, 6) is 0.228. The first-order chi connectivity index (χ1) is 21.7. The maximum Gasteiger partial charge on any atom is 0.0645 e. The smallest absolute Gasteiger partial charge is 0.0645 e. The predicted molar refractivity (Wildman–Crippen MR) is 202 cm³/mol. The third-order valence-electron chi connectivity index (χ3n) is 7.89. The number of ether oxygens (including phenoxy) is 1. The highest BCUT2D eigenvalue weighted by Gasteiger charge is 2.17. The zero-order valence-electron chi connectivity index (χ0n) is 29.1. The minimum Gasteiger partial charge on any atom is -0.380 e. The van der Waals surface area contributed by atoms with Crippen molar-refractivity contribution < 1.29 is 4.74 Å². The van der Waals surface area contributed by atoms with Crippen LogP contribution in [0.4, 0.5) is 0 Å². The summed E-state index contributed by atoms with van der Waals surface area (Å²) >= 11 is 0. The van der Waals surface area contributed by atoms with Crippen molar-refractivity contribution in [1.82, 2.24) is 4.57 Å². The van der Waals surface area contributed by atoms with E-state index in [0.29, 0.717) is 6.61 Å². The molecule has 0 saturated carbocycles. The molecule has 45 heavy (non-hydrogen) atoms. The Balaban J connectivity index is 0.000000692. The summed E-state index contributed by atoms with van der Waals surface area (Å²) < 4.78 is 8.14. The Morgan fingerprint density at radius 1 is 0.933 bits per heavy atom. The fourth-order valence-electron chi connectivity index (χ4n) is 5.35. The quantitative estimate of drug-likeness (QED) is 0.116. The summed E-state index contributed by atoms with van der Waals surface area (Å²) in [4.78, 5) is 0. The molecule has 0 bridgehead atoms. The van der Waals surface area contributed by atoms with Crippen molar-refractivity contribution in [3.05, 3.63) is 150 Å². The van der Waals surface area contributed by atoms with E-state index in [1.807, 2.05) is 26.8 Å². The SMILES string of the molecule is C=C(c1ccccc1C)[C@@H](C)c1ccc2c(c1)c1cc(C/C(C)=C/C=C\C)ccc1n2CCOCC.C=C/C=C(/C)C=C.CC. The number of hydrogen-bond donors (Lipinski definition) is 0. The lowest BCUT2D eigenvalue weighted by Crippen LogP contribution is -2.05. The maximum absolute atomic E-state index is 5.73. The topological polar surface area (TPSA) is 14.2 Å². The third-order valence-corrected chi connectivity index (χ3v) is 7.89. The largest absolute Gasteiger partial charge is 0.380 e. The van der Waals surface area contributed by atoms with Crippen LogP contribution in [0.5, 0.6) is 0 Å². The van der Waals surface area contributed by atoms with Gasteiger partial charge >= 0.3 is 0 Å². The molecule has 0 aliphatic carbocycles. The molecule has 0 aliphatic heterocycles. The van der Waals surface area contributed by atoms with Crippen LogP contribution >= 0.6 is 0 Å². The van der Waals surface area contributed by atoms with Gasteiger partial charge < -0.3 is 9.30 Å². The predicted octanol–water partition coefficient (Wildman–Crippen LogP) is 12.4. The molecule has 0 unspecified atom stereocenters. The van der Waals surface area contributed by atoms with Crippen molar-refractivity contribution >= 4 is 27.4 Å². The molecular formula is C43H55NO. The first-order valence-electron chi connectivity index (χ1n) is 16.3. The summed E-state index contributed by atoms with van der Waals surface area (Å²) in [6.07, 6.45) is 12.8. The van der Waals surface area contributed by atoms with Gasteiger partial charge in [0.25, 0.3) is 0 Å². The van der Waals surface area contributed by atoms with Gasteiger partial charge in [0.15, 0.2) is 0 Å². The van der Waals surface area contributed by atoms with E-state index in [-0.39, 0.29) is 5.92 Å². The van der Waals surface area contributed by atoms with Crippen LogP contribution in [0.15, 0.2) is 128 Å². The van der Waals surface area contributed by atoms with Crippen molar-refractivity contribution in [2.75, 3.05) is 13.2 Å². The van der Waals surface area contributed by atoms with Crippen LogP contribution in [0.3, 0.4) is 0 Å². The molecule has 4 aromatic rings. The van der Waals surface area contributed by atoms with Crippen molar-refractivity contribution in [1.29, 1.82) is 0 Å². The lowest BCUT2D eigenvalue weighted by Gasteiger charge is -2.18.